The number of hydrogen-bond acceptors (Lipinski definition) is 5. The molecule has 1 aliphatic rings. The molecule has 26 heavy (non-hydrogen) atoms. The van der Waals surface area contributed by atoms with Crippen LogP contribution in [-0.2, 0) is 21.4 Å². The molecule has 2 heterocycles. The highest BCUT2D eigenvalue weighted by molar-refractivity contribution is 6.10. The average molecular weight is 355 g/mol. The normalized spacial score (nSPS) is 13.0. The van der Waals surface area contributed by atoms with Crippen LogP contribution in [0.2, 0.25) is 0 Å². The summed E-state index contributed by atoms with van der Waals surface area (Å²) in [4.78, 5) is 49.1. The minimum absolute atomic E-state index is 0.147. The Morgan fingerprint density at radius 3 is 2.65 bits per heavy atom. The molecule has 2 aromatic rings. The van der Waals surface area contributed by atoms with Gasteiger partial charge in [-0.05, 0) is 25.1 Å². The third kappa shape index (κ3) is 3.34. The molecule has 2 amide bonds. The number of benzene rings is 1. The van der Waals surface area contributed by atoms with Gasteiger partial charge in [0.25, 0.3) is 5.91 Å². The summed E-state index contributed by atoms with van der Waals surface area (Å²) in [6.07, 6.45) is 1.52. The first kappa shape index (κ1) is 17.4. The lowest BCUT2D eigenvalue weighted by molar-refractivity contribution is -0.124. The van der Waals surface area contributed by atoms with Crippen molar-refractivity contribution in [2.24, 2.45) is 7.05 Å². The van der Waals surface area contributed by atoms with Crippen LogP contribution in [-0.4, -0.2) is 41.3 Å². The highest BCUT2D eigenvalue weighted by atomic mass is 16.5. The van der Waals surface area contributed by atoms with E-state index in [9.17, 15) is 19.2 Å². The van der Waals surface area contributed by atoms with Gasteiger partial charge < -0.3 is 14.6 Å². The van der Waals surface area contributed by atoms with Crippen LogP contribution in [0.4, 0.5) is 11.4 Å². The van der Waals surface area contributed by atoms with E-state index in [1.807, 2.05) is 0 Å². The maximum absolute atomic E-state index is 12.4. The number of aryl methyl sites for hydroxylation is 1. The first-order chi connectivity index (χ1) is 12.4. The number of anilines is 2. The van der Waals surface area contributed by atoms with E-state index in [-0.39, 0.29) is 23.9 Å². The minimum Gasteiger partial charge on any atom is -0.451 e. The second-order valence-electron chi connectivity index (χ2n) is 5.90. The van der Waals surface area contributed by atoms with E-state index >= 15 is 0 Å². The second-order valence-corrected chi connectivity index (χ2v) is 5.90. The van der Waals surface area contributed by atoms with Crippen molar-refractivity contribution in [3.63, 3.8) is 0 Å². The van der Waals surface area contributed by atoms with E-state index < -0.39 is 18.5 Å². The lowest BCUT2D eigenvalue weighted by Gasteiger charge is -2.28. The molecule has 8 nitrogen and oxygen atoms in total. The number of nitrogens with zero attached hydrogens (tertiary/aromatic N) is 2. The molecule has 1 aromatic carbocycles. The zero-order valence-corrected chi connectivity index (χ0v) is 14.3. The number of ketones is 1. The van der Waals surface area contributed by atoms with E-state index in [0.29, 0.717) is 16.9 Å². The van der Waals surface area contributed by atoms with Crippen LogP contribution < -0.4 is 10.2 Å². The number of amides is 2. The molecule has 134 valence electrons. The molecule has 0 fully saturated rings. The summed E-state index contributed by atoms with van der Waals surface area (Å²) in [5.74, 6) is -1.73. The van der Waals surface area contributed by atoms with Gasteiger partial charge in [-0.15, -0.1) is 0 Å². The van der Waals surface area contributed by atoms with Gasteiger partial charge in [0.15, 0.2) is 12.4 Å². The van der Waals surface area contributed by atoms with E-state index in [1.165, 1.54) is 28.7 Å². The molecule has 1 N–H and O–H groups in total. The van der Waals surface area contributed by atoms with Crippen molar-refractivity contribution in [3.05, 3.63) is 47.8 Å². The number of rotatable bonds is 4. The van der Waals surface area contributed by atoms with Crippen molar-refractivity contribution in [2.45, 2.75) is 6.92 Å². The number of nitrogens with one attached hydrogen (secondary N) is 1. The Hall–Kier alpha value is -3.42. The summed E-state index contributed by atoms with van der Waals surface area (Å²) >= 11 is 0. The topological polar surface area (TPSA) is 97.7 Å². The van der Waals surface area contributed by atoms with Crippen LogP contribution in [0.3, 0.4) is 0 Å². The summed E-state index contributed by atoms with van der Waals surface area (Å²) in [6.45, 7) is 0.736. The smallest absolute Gasteiger partial charge is 0.355 e. The van der Waals surface area contributed by atoms with E-state index in [2.05, 4.69) is 5.32 Å². The van der Waals surface area contributed by atoms with Gasteiger partial charge in [-0.1, -0.05) is 12.1 Å². The molecule has 8 heteroatoms. The molecular weight excluding hydrogens is 338 g/mol. The Balaban J connectivity index is 1.70. The molecule has 0 spiro atoms. The van der Waals surface area contributed by atoms with Gasteiger partial charge in [-0.25, -0.2) is 4.79 Å². The lowest BCUT2D eigenvalue weighted by Crippen LogP contribution is -2.44. The molecule has 0 saturated heterocycles. The maximum atomic E-state index is 12.4. The highest BCUT2D eigenvalue weighted by Crippen LogP contribution is 2.28. The summed E-state index contributed by atoms with van der Waals surface area (Å²) in [7, 11) is 1.61. The average Bonchev–Trinajstić information content (AvgIpc) is 3.00. The number of para-hydroxylation sites is 2. The van der Waals surface area contributed by atoms with E-state index in [0.717, 1.165) is 0 Å². The van der Waals surface area contributed by atoms with Crippen molar-refractivity contribution in [1.82, 2.24) is 4.57 Å². The Morgan fingerprint density at radius 2 is 1.96 bits per heavy atom. The van der Waals surface area contributed by atoms with Crippen molar-refractivity contribution >= 4 is 34.9 Å². The highest BCUT2D eigenvalue weighted by Gasteiger charge is 2.27. The van der Waals surface area contributed by atoms with Crippen LogP contribution in [0, 0.1) is 0 Å². The van der Waals surface area contributed by atoms with Crippen molar-refractivity contribution in [1.29, 1.82) is 0 Å². The van der Waals surface area contributed by atoms with Crippen molar-refractivity contribution in [3.8, 4) is 0 Å². The predicted molar refractivity (Wildman–Crippen MR) is 93.1 cm³/mol. The van der Waals surface area contributed by atoms with E-state index in [4.69, 9.17) is 4.74 Å². The number of carbonyl (C=O) groups is 4. The van der Waals surface area contributed by atoms with Crippen LogP contribution >= 0.6 is 0 Å². The zero-order chi connectivity index (χ0) is 18.8. The first-order valence-electron chi connectivity index (χ1n) is 7.90. The SMILES string of the molecule is CC(=O)c1cc(C(=O)OCC(=O)N2CC(=O)Nc3ccccc32)n(C)c1. The van der Waals surface area contributed by atoms with E-state index in [1.54, 1.807) is 31.3 Å². The first-order valence-corrected chi connectivity index (χ1v) is 7.90. The second kappa shape index (κ2) is 6.83. The van der Waals surface area contributed by atoms with Gasteiger partial charge in [-0.2, -0.15) is 0 Å². The number of Topliss-reactive ketones (excluding diaryl/α,β-unsaturated/α-hetero) is 1. The molecule has 1 aromatic heterocycles. The third-order valence-electron chi connectivity index (χ3n) is 4.02. The van der Waals surface area contributed by atoms with Crippen molar-refractivity contribution in [2.75, 3.05) is 23.4 Å². The fourth-order valence-corrected chi connectivity index (χ4v) is 2.69. The lowest BCUT2D eigenvalue weighted by atomic mass is 10.2. The summed E-state index contributed by atoms with van der Waals surface area (Å²) in [6, 6.07) is 8.29. The van der Waals surface area contributed by atoms with Crippen LogP contribution in [0.15, 0.2) is 36.5 Å². The molecule has 0 bridgehead atoms. The number of fused-ring (bicyclic) bond motifs is 1. The largest absolute Gasteiger partial charge is 0.451 e. The van der Waals surface area contributed by atoms with Crippen LogP contribution in [0.25, 0.3) is 0 Å². The Labute approximate surface area is 149 Å². The maximum Gasteiger partial charge on any atom is 0.355 e. The molecule has 0 atom stereocenters. The number of aromatic nitrogens is 1. The Morgan fingerprint density at radius 1 is 1.23 bits per heavy atom. The molecule has 3 rings (SSSR count). The van der Waals surface area contributed by atoms with Crippen LogP contribution in [0.1, 0.15) is 27.8 Å². The molecule has 0 saturated carbocycles. The van der Waals surface area contributed by atoms with Gasteiger partial charge in [0.1, 0.15) is 12.2 Å². The quantitative estimate of drug-likeness (QED) is 0.660. The number of carbonyl (C=O) groups excluding carboxylic acids is 4. The van der Waals surface area contributed by atoms with Gasteiger partial charge in [-0.3, -0.25) is 19.3 Å². The zero-order valence-electron chi connectivity index (χ0n) is 14.3. The van der Waals surface area contributed by atoms with Crippen molar-refractivity contribution < 1.29 is 23.9 Å². The number of ether oxygens (including phenoxy) is 1. The van der Waals surface area contributed by atoms with Gasteiger partial charge in [0.2, 0.25) is 5.91 Å². The summed E-state index contributed by atoms with van der Waals surface area (Å²) < 4.78 is 6.54. The monoisotopic (exact) mass is 355 g/mol. The van der Waals surface area contributed by atoms with Crippen LogP contribution in [0.5, 0.6) is 0 Å². The summed E-state index contributed by atoms with van der Waals surface area (Å²) in [5.41, 5.74) is 1.62. The standard InChI is InChI=1S/C18H17N3O5/c1-11(22)12-7-15(20(2)8-12)18(25)26-10-17(24)21-9-16(23)19-13-5-3-4-6-14(13)21/h3-8H,9-10H2,1-2H3,(H,19,23). The van der Waals surface area contributed by atoms with Gasteiger partial charge >= 0.3 is 5.97 Å². The molecule has 0 aliphatic carbocycles. The minimum atomic E-state index is -0.719. The van der Waals surface area contributed by atoms with Gasteiger partial charge in [0.05, 0.1) is 11.4 Å². The number of hydrogen-bond donors (Lipinski definition) is 1. The molecule has 0 unspecified atom stereocenters. The summed E-state index contributed by atoms with van der Waals surface area (Å²) in [5, 5.41) is 2.68. The van der Waals surface area contributed by atoms with Gasteiger partial charge in [0, 0.05) is 18.8 Å². The fourth-order valence-electron chi connectivity index (χ4n) is 2.69. The molecular formula is C18H17N3O5. The molecule has 0 radical (unpaired) electrons. The fraction of sp³-hybridized carbons (Fsp3) is 0.222. The molecule has 1 aliphatic heterocycles. The Bertz CT molecular complexity index is 915. The third-order valence-corrected chi connectivity index (χ3v) is 4.02. The predicted octanol–water partition coefficient (Wildman–Crippen LogP) is 1.37. The number of esters is 1. The Kier molecular flexibility index (Phi) is 4.57.